The summed E-state index contributed by atoms with van der Waals surface area (Å²) >= 11 is 0. The lowest BCUT2D eigenvalue weighted by Gasteiger charge is -2.32. The van der Waals surface area contributed by atoms with Gasteiger partial charge >= 0.3 is 0 Å². The number of hydrogen-bond acceptors (Lipinski definition) is 4. The van der Waals surface area contributed by atoms with Gasteiger partial charge < -0.3 is 20.3 Å². The van der Waals surface area contributed by atoms with Gasteiger partial charge in [-0.3, -0.25) is 0 Å². The molecule has 4 nitrogen and oxygen atoms in total. The quantitative estimate of drug-likeness (QED) is 0.608. The van der Waals surface area contributed by atoms with Gasteiger partial charge in [0.1, 0.15) is 0 Å². The third kappa shape index (κ3) is 5.22. The Morgan fingerprint density at radius 2 is 1.94 bits per heavy atom. The van der Waals surface area contributed by atoms with Crippen LogP contribution in [0, 0.1) is 5.92 Å². The van der Waals surface area contributed by atoms with Crippen molar-refractivity contribution in [3.8, 4) is 0 Å². The van der Waals surface area contributed by atoms with Gasteiger partial charge in [0, 0.05) is 19.7 Å². The van der Waals surface area contributed by atoms with E-state index in [-0.39, 0.29) is 0 Å². The molecule has 0 aromatic carbocycles. The van der Waals surface area contributed by atoms with E-state index in [0.717, 1.165) is 38.2 Å². The van der Waals surface area contributed by atoms with Crippen molar-refractivity contribution < 1.29 is 14.9 Å². The van der Waals surface area contributed by atoms with Crippen molar-refractivity contribution in [2.45, 2.75) is 56.7 Å². The lowest BCUT2D eigenvalue weighted by atomic mass is 9.85. The van der Waals surface area contributed by atoms with E-state index in [9.17, 15) is 10.2 Å². The molecule has 0 radical (unpaired) electrons. The second-order valence-electron chi connectivity index (χ2n) is 6.05. The molecule has 3 N–H and O–H groups in total. The molecule has 0 spiro atoms. The minimum Gasteiger partial charge on any atom is -0.389 e. The zero-order valence-corrected chi connectivity index (χ0v) is 11.2. The lowest BCUT2D eigenvalue weighted by Crippen LogP contribution is -2.44. The van der Waals surface area contributed by atoms with Gasteiger partial charge in [-0.2, -0.15) is 0 Å². The van der Waals surface area contributed by atoms with Crippen LogP contribution in [-0.2, 0) is 4.74 Å². The average Bonchev–Trinajstić information content (AvgIpc) is 3.14. The first-order valence-corrected chi connectivity index (χ1v) is 7.37. The molecule has 2 aliphatic carbocycles. The van der Waals surface area contributed by atoms with Crippen LogP contribution in [-0.4, -0.2) is 48.2 Å². The Kier molecular flexibility index (Phi) is 5.42. The Morgan fingerprint density at radius 3 is 2.61 bits per heavy atom. The minimum absolute atomic E-state index is 0.405. The van der Waals surface area contributed by atoms with Crippen molar-refractivity contribution in [2.24, 2.45) is 5.92 Å². The molecule has 4 heteroatoms. The molecule has 0 aliphatic heterocycles. The van der Waals surface area contributed by atoms with Crippen molar-refractivity contribution in [3.63, 3.8) is 0 Å². The molecule has 2 rings (SSSR count). The van der Waals surface area contributed by atoms with Crippen molar-refractivity contribution in [2.75, 3.05) is 26.3 Å². The van der Waals surface area contributed by atoms with Crippen molar-refractivity contribution in [1.82, 2.24) is 5.32 Å². The first-order valence-electron chi connectivity index (χ1n) is 7.37. The van der Waals surface area contributed by atoms with Crippen LogP contribution in [0.4, 0.5) is 0 Å². The third-order valence-electron chi connectivity index (χ3n) is 3.98. The molecular formula is C14H27NO3. The fraction of sp³-hybridized carbons (Fsp3) is 1.00. The van der Waals surface area contributed by atoms with Crippen LogP contribution < -0.4 is 5.32 Å². The summed E-state index contributed by atoms with van der Waals surface area (Å²) in [5, 5.41) is 23.2. The summed E-state index contributed by atoms with van der Waals surface area (Å²) in [7, 11) is 0. The highest BCUT2D eigenvalue weighted by atomic mass is 16.5. The highest BCUT2D eigenvalue weighted by Crippen LogP contribution is 2.29. The van der Waals surface area contributed by atoms with Gasteiger partial charge in [-0.05, 0) is 31.6 Å². The molecule has 0 heterocycles. The molecule has 0 bridgehead atoms. The highest BCUT2D eigenvalue weighted by Gasteiger charge is 2.28. The molecule has 0 saturated heterocycles. The highest BCUT2D eigenvalue weighted by molar-refractivity contribution is 4.84. The summed E-state index contributed by atoms with van der Waals surface area (Å²) in [6.45, 7) is 2.29. The maximum atomic E-state index is 10.3. The van der Waals surface area contributed by atoms with Gasteiger partial charge in [0.2, 0.25) is 0 Å². The predicted octanol–water partition coefficient (Wildman–Crippen LogP) is 1.06. The number of aliphatic hydroxyl groups excluding tert-OH is 1. The normalized spacial score (nSPS) is 25.0. The van der Waals surface area contributed by atoms with E-state index in [1.54, 1.807) is 0 Å². The Hall–Kier alpha value is -0.160. The molecule has 0 aromatic rings. The summed E-state index contributed by atoms with van der Waals surface area (Å²) in [6.07, 6.45) is 7.33. The fourth-order valence-electron chi connectivity index (χ4n) is 2.57. The second kappa shape index (κ2) is 6.85. The van der Waals surface area contributed by atoms with Gasteiger partial charge in [-0.15, -0.1) is 0 Å². The summed E-state index contributed by atoms with van der Waals surface area (Å²) < 4.78 is 5.43. The summed E-state index contributed by atoms with van der Waals surface area (Å²) in [4.78, 5) is 0. The Labute approximate surface area is 110 Å². The zero-order valence-electron chi connectivity index (χ0n) is 11.2. The van der Waals surface area contributed by atoms with E-state index in [1.807, 2.05) is 0 Å². The molecule has 2 saturated carbocycles. The number of ether oxygens (including phenoxy) is 1. The van der Waals surface area contributed by atoms with Crippen molar-refractivity contribution in [3.05, 3.63) is 0 Å². The largest absolute Gasteiger partial charge is 0.389 e. The van der Waals surface area contributed by atoms with Crippen LogP contribution in [0.2, 0.25) is 0 Å². The van der Waals surface area contributed by atoms with Gasteiger partial charge in [-0.1, -0.05) is 19.3 Å². The fourth-order valence-corrected chi connectivity index (χ4v) is 2.57. The predicted molar refractivity (Wildman–Crippen MR) is 70.5 cm³/mol. The van der Waals surface area contributed by atoms with Crippen molar-refractivity contribution in [1.29, 1.82) is 0 Å². The van der Waals surface area contributed by atoms with Crippen LogP contribution in [0.1, 0.15) is 44.9 Å². The van der Waals surface area contributed by atoms with Crippen LogP contribution in [0.3, 0.4) is 0 Å². The molecule has 2 aliphatic rings. The Bertz CT molecular complexity index is 237. The summed E-state index contributed by atoms with van der Waals surface area (Å²) in [5.74, 6) is 0.744. The molecule has 2 fully saturated rings. The van der Waals surface area contributed by atoms with Gasteiger partial charge in [-0.25, -0.2) is 0 Å². The average molecular weight is 257 g/mol. The smallest absolute Gasteiger partial charge is 0.0897 e. The third-order valence-corrected chi connectivity index (χ3v) is 3.98. The second-order valence-corrected chi connectivity index (χ2v) is 6.05. The topological polar surface area (TPSA) is 61.7 Å². The van der Waals surface area contributed by atoms with E-state index in [0.29, 0.717) is 19.7 Å². The number of nitrogens with one attached hydrogen (secondary N) is 1. The zero-order chi connectivity index (χ0) is 12.8. The number of rotatable bonds is 8. The van der Waals surface area contributed by atoms with Gasteiger partial charge in [0.15, 0.2) is 0 Å². The first kappa shape index (κ1) is 14.3. The summed E-state index contributed by atoms with van der Waals surface area (Å²) in [6, 6.07) is 0. The SMILES string of the molecule is OC(CNCC1(O)CCCCC1)COCC1CC1. The lowest BCUT2D eigenvalue weighted by molar-refractivity contribution is -0.00317. The molecule has 0 aromatic heterocycles. The number of aliphatic hydroxyl groups is 2. The molecule has 0 amide bonds. The summed E-state index contributed by atoms with van der Waals surface area (Å²) in [5.41, 5.74) is -0.549. The molecule has 106 valence electrons. The maximum Gasteiger partial charge on any atom is 0.0897 e. The standard InChI is InChI=1S/C14H27NO3/c16-13(10-18-9-12-4-5-12)8-15-11-14(17)6-2-1-3-7-14/h12-13,15-17H,1-11H2. The first-order chi connectivity index (χ1) is 8.68. The maximum absolute atomic E-state index is 10.3. The monoisotopic (exact) mass is 257 g/mol. The molecule has 1 unspecified atom stereocenters. The van der Waals surface area contributed by atoms with E-state index in [4.69, 9.17) is 4.74 Å². The van der Waals surface area contributed by atoms with Crippen LogP contribution in [0.15, 0.2) is 0 Å². The Balaban J connectivity index is 1.50. The Morgan fingerprint density at radius 1 is 1.22 bits per heavy atom. The van der Waals surface area contributed by atoms with Crippen LogP contribution in [0.5, 0.6) is 0 Å². The van der Waals surface area contributed by atoms with E-state index >= 15 is 0 Å². The van der Waals surface area contributed by atoms with Crippen molar-refractivity contribution >= 4 is 0 Å². The molecular weight excluding hydrogens is 230 g/mol. The minimum atomic E-state index is -0.549. The van der Waals surface area contributed by atoms with Gasteiger partial charge in [0.25, 0.3) is 0 Å². The van der Waals surface area contributed by atoms with E-state index in [2.05, 4.69) is 5.32 Å². The van der Waals surface area contributed by atoms with Crippen LogP contribution in [0.25, 0.3) is 0 Å². The molecule has 1 atom stereocenters. The van der Waals surface area contributed by atoms with E-state index < -0.39 is 11.7 Å². The van der Waals surface area contributed by atoms with Crippen LogP contribution >= 0.6 is 0 Å². The number of hydrogen-bond donors (Lipinski definition) is 3. The molecule has 18 heavy (non-hydrogen) atoms. The van der Waals surface area contributed by atoms with Gasteiger partial charge in [0.05, 0.1) is 18.3 Å². The van der Waals surface area contributed by atoms with E-state index in [1.165, 1.54) is 19.3 Å².